The van der Waals surface area contributed by atoms with Crippen molar-refractivity contribution in [1.29, 1.82) is 0 Å². The molecular weight excluding hydrogens is 445 g/mol. The number of anilines is 2. The Balaban J connectivity index is 1.42. The molecule has 8 heteroatoms. The lowest BCUT2D eigenvalue weighted by Gasteiger charge is -2.36. The largest absolute Gasteiger partial charge is 0.371 e. The molecule has 4 atom stereocenters. The van der Waals surface area contributed by atoms with E-state index in [1.54, 1.807) is 0 Å². The molecule has 4 saturated heterocycles. The van der Waals surface area contributed by atoms with E-state index < -0.39 is 0 Å². The minimum atomic E-state index is 0.356. The molecule has 0 aliphatic carbocycles. The second-order valence-electron chi connectivity index (χ2n) is 7.93. The Bertz CT molecular complexity index is 833. The lowest BCUT2D eigenvalue weighted by Crippen LogP contribution is -2.45. The Morgan fingerprint density at radius 1 is 0.885 bits per heavy atom. The molecule has 4 aliphatic heterocycles. The van der Waals surface area contributed by atoms with Crippen LogP contribution < -0.4 is 9.80 Å². The average molecular weight is 467 g/mol. The van der Waals surface area contributed by atoms with Gasteiger partial charge >= 0.3 is 0 Å². The van der Waals surface area contributed by atoms with Crippen molar-refractivity contribution < 1.29 is 9.47 Å². The standard InChI is InChI=1S/C18H22IN5O2/c19-15-6-20-24-17(23-9-13-3-4-14(10-23)26-13)5-16(21-18(15)24)22-7-11-1-2-12(8-22)25-11/h5-6,11-14H,1-4,7-10H2. The first-order valence-corrected chi connectivity index (χ1v) is 10.7. The van der Waals surface area contributed by atoms with Crippen molar-refractivity contribution in [3.63, 3.8) is 0 Å². The second kappa shape index (κ2) is 5.93. The molecule has 0 aromatic carbocycles. The predicted molar refractivity (Wildman–Crippen MR) is 106 cm³/mol. The zero-order valence-corrected chi connectivity index (χ0v) is 16.7. The highest BCUT2D eigenvalue weighted by atomic mass is 127. The summed E-state index contributed by atoms with van der Waals surface area (Å²) in [5, 5.41) is 4.61. The number of halogens is 1. The highest BCUT2D eigenvalue weighted by Crippen LogP contribution is 2.34. The van der Waals surface area contributed by atoms with Crippen molar-refractivity contribution in [2.24, 2.45) is 0 Å². The molecule has 0 saturated carbocycles. The Morgan fingerprint density at radius 2 is 1.46 bits per heavy atom. The highest BCUT2D eigenvalue weighted by molar-refractivity contribution is 14.1. The van der Waals surface area contributed by atoms with E-state index >= 15 is 0 Å². The van der Waals surface area contributed by atoms with E-state index in [9.17, 15) is 0 Å². The topological polar surface area (TPSA) is 55.1 Å². The molecule has 26 heavy (non-hydrogen) atoms. The molecule has 4 fully saturated rings. The van der Waals surface area contributed by atoms with Crippen LogP contribution in [0.5, 0.6) is 0 Å². The van der Waals surface area contributed by atoms with E-state index in [1.165, 1.54) is 25.7 Å². The Labute approximate surface area is 165 Å². The van der Waals surface area contributed by atoms with Crippen LogP contribution in [0.1, 0.15) is 25.7 Å². The first-order valence-electron chi connectivity index (χ1n) is 9.58. The van der Waals surface area contributed by atoms with E-state index in [4.69, 9.17) is 14.5 Å². The van der Waals surface area contributed by atoms with Crippen LogP contribution in [0, 0.1) is 3.57 Å². The Hall–Kier alpha value is -1.13. The zero-order chi connectivity index (χ0) is 17.3. The molecule has 0 spiro atoms. The van der Waals surface area contributed by atoms with Gasteiger partial charge in [-0.1, -0.05) is 0 Å². The van der Waals surface area contributed by atoms with Crippen molar-refractivity contribution in [2.45, 2.75) is 50.1 Å². The van der Waals surface area contributed by atoms with E-state index in [0.29, 0.717) is 24.4 Å². The molecule has 4 bridgehead atoms. The average Bonchev–Trinajstić information content (AvgIpc) is 3.31. The molecule has 0 N–H and O–H groups in total. The molecule has 2 aromatic heterocycles. The predicted octanol–water partition coefficient (Wildman–Crippen LogP) is 2.07. The third-order valence-corrected chi connectivity index (χ3v) is 6.89. The van der Waals surface area contributed by atoms with Crippen LogP contribution in [0.15, 0.2) is 12.3 Å². The van der Waals surface area contributed by atoms with Gasteiger partial charge in [0.15, 0.2) is 5.65 Å². The van der Waals surface area contributed by atoms with Gasteiger partial charge in [-0.3, -0.25) is 0 Å². The number of ether oxygens (including phenoxy) is 2. The van der Waals surface area contributed by atoms with Crippen LogP contribution >= 0.6 is 22.6 Å². The minimum absolute atomic E-state index is 0.356. The van der Waals surface area contributed by atoms with Crippen LogP contribution in [0.2, 0.25) is 0 Å². The van der Waals surface area contributed by atoms with Gasteiger partial charge in [0.1, 0.15) is 11.6 Å². The smallest absolute Gasteiger partial charge is 0.173 e. The lowest BCUT2D eigenvalue weighted by atomic mass is 10.2. The monoisotopic (exact) mass is 467 g/mol. The molecule has 7 nitrogen and oxygen atoms in total. The maximum absolute atomic E-state index is 6.03. The molecule has 0 radical (unpaired) electrons. The van der Waals surface area contributed by atoms with Crippen molar-refractivity contribution in [3.8, 4) is 0 Å². The maximum atomic E-state index is 6.03. The molecular formula is C18H22IN5O2. The van der Waals surface area contributed by atoms with Crippen LogP contribution in [0.25, 0.3) is 5.65 Å². The molecule has 4 unspecified atom stereocenters. The number of morpholine rings is 2. The summed E-state index contributed by atoms with van der Waals surface area (Å²) in [7, 11) is 0. The van der Waals surface area contributed by atoms with Gasteiger partial charge in [0.25, 0.3) is 0 Å². The third kappa shape index (κ3) is 2.52. The second-order valence-corrected chi connectivity index (χ2v) is 9.09. The van der Waals surface area contributed by atoms with Gasteiger partial charge in [0.05, 0.1) is 34.2 Å². The number of hydrogen-bond acceptors (Lipinski definition) is 6. The SMILES string of the molecule is Ic1cnn2c(N3CC4CCC(C3)O4)cc(N3CC4CCC(C3)O4)nc12. The van der Waals surface area contributed by atoms with Crippen LogP contribution in [0.3, 0.4) is 0 Å². The summed E-state index contributed by atoms with van der Waals surface area (Å²) in [6.07, 6.45) is 8.03. The van der Waals surface area contributed by atoms with E-state index in [1.807, 2.05) is 10.7 Å². The number of aromatic nitrogens is 3. The molecule has 138 valence electrons. The summed E-state index contributed by atoms with van der Waals surface area (Å²) in [5.74, 6) is 2.21. The summed E-state index contributed by atoms with van der Waals surface area (Å²) in [6, 6.07) is 2.23. The summed E-state index contributed by atoms with van der Waals surface area (Å²) in [5.41, 5.74) is 0.954. The van der Waals surface area contributed by atoms with Gasteiger partial charge in [-0.15, -0.1) is 0 Å². The fraction of sp³-hybridized carbons (Fsp3) is 0.667. The molecule has 6 heterocycles. The van der Waals surface area contributed by atoms with Crippen LogP contribution in [0.4, 0.5) is 11.6 Å². The summed E-state index contributed by atoms with van der Waals surface area (Å²) < 4.78 is 15.1. The summed E-state index contributed by atoms with van der Waals surface area (Å²) in [6.45, 7) is 3.77. The van der Waals surface area contributed by atoms with Crippen LogP contribution in [-0.2, 0) is 9.47 Å². The fourth-order valence-electron chi connectivity index (χ4n) is 4.90. The fourth-order valence-corrected chi connectivity index (χ4v) is 5.37. The van der Waals surface area contributed by atoms with E-state index in [0.717, 1.165) is 47.0 Å². The molecule has 6 rings (SSSR count). The molecule has 0 amide bonds. The van der Waals surface area contributed by atoms with E-state index in [-0.39, 0.29) is 0 Å². The van der Waals surface area contributed by atoms with Gasteiger partial charge in [0.2, 0.25) is 0 Å². The maximum Gasteiger partial charge on any atom is 0.173 e. The first-order chi connectivity index (χ1) is 12.7. The van der Waals surface area contributed by atoms with Crippen molar-refractivity contribution in [1.82, 2.24) is 14.6 Å². The number of fused-ring (bicyclic) bond motifs is 5. The number of rotatable bonds is 2. The normalized spacial score (nSPS) is 33.4. The molecule has 4 aliphatic rings. The molecule has 2 aromatic rings. The van der Waals surface area contributed by atoms with Gasteiger partial charge in [0, 0.05) is 32.2 Å². The van der Waals surface area contributed by atoms with Gasteiger partial charge < -0.3 is 19.3 Å². The third-order valence-electron chi connectivity index (χ3n) is 6.13. The van der Waals surface area contributed by atoms with Crippen molar-refractivity contribution >= 4 is 39.9 Å². The van der Waals surface area contributed by atoms with E-state index in [2.05, 4.69) is 43.6 Å². The zero-order valence-electron chi connectivity index (χ0n) is 14.6. The highest BCUT2D eigenvalue weighted by Gasteiger charge is 2.37. The van der Waals surface area contributed by atoms with Crippen molar-refractivity contribution in [3.05, 3.63) is 15.8 Å². The van der Waals surface area contributed by atoms with Gasteiger partial charge in [-0.25, -0.2) is 4.98 Å². The van der Waals surface area contributed by atoms with Crippen molar-refractivity contribution in [2.75, 3.05) is 36.0 Å². The Kier molecular flexibility index (Phi) is 3.62. The minimum Gasteiger partial charge on any atom is -0.371 e. The number of nitrogens with zero attached hydrogens (tertiary/aromatic N) is 5. The quantitative estimate of drug-likeness (QED) is 0.631. The van der Waals surface area contributed by atoms with Gasteiger partial charge in [-0.2, -0.15) is 9.61 Å². The lowest BCUT2D eigenvalue weighted by molar-refractivity contribution is 0.0298. The summed E-state index contributed by atoms with van der Waals surface area (Å²) >= 11 is 2.34. The summed E-state index contributed by atoms with van der Waals surface area (Å²) in [4.78, 5) is 9.83. The number of hydrogen-bond donors (Lipinski definition) is 0. The van der Waals surface area contributed by atoms with Gasteiger partial charge in [-0.05, 0) is 48.3 Å². The first kappa shape index (κ1) is 15.9. The van der Waals surface area contributed by atoms with Crippen LogP contribution in [-0.4, -0.2) is 65.2 Å². The Morgan fingerprint density at radius 3 is 2.08 bits per heavy atom.